The van der Waals surface area contributed by atoms with Crippen molar-refractivity contribution in [3.63, 3.8) is 0 Å². The molecule has 1 aliphatic rings. The monoisotopic (exact) mass is 235 g/mol. The average Bonchev–Trinajstić information content (AvgIpc) is 2.78. The van der Waals surface area contributed by atoms with E-state index in [1.807, 2.05) is 0 Å². The molecule has 1 aromatic carbocycles. The molecule has 0 radical (unpaired) electrons. The van der Waals surface area contributed by atoms with Crippen molar-refractivity contribution in [3.8, 4) is 11.8 Å². The van der Waals surface area contributed by atoms with Gasteiger partial charge in [0.25, 0.3) is 0 Å². The van der Waals surface area contributed by atoms with Gasteiger partial charge in [0.15, 0.2) is 0 Å². The van der Waals surface area contributed by atoms with Crippen LogP contribution < -0.4 is 4.74 Å². The molecule has 3 nitrogen and oxygen atoms in total. The van der Waals surface area contributed by atoms with E-state index >= 15 is 0 Å². The van der Waals surface area contributed by atoms with Gasteiger partial charge in [-0.3, -0.25) is 0 Å². The fourth-order valence-electron chi connectivity index (χ4n) is 2.14. The van der Waals surface area contributed by atoms with Crippen LogP contribution in [0.15, 0.2) is 18.2 Å². The zero-order chi connectivity index (χ0) is 12.3. The van der Waals surface area contributed by atoms with Crippen molar-refractivity contribution >= 4 is 0 Å². The number of ether oxygens (including phenoxy) is 2. The molecule has 0 saturated carbocycles. The fraction of sp³-hybridized carbons (Fsp3) is 0.462. The van der Waals surface area contributed by atoms with Gasteiger partial charge in [0.2, 0.25) is 0 Å². The molecule has 0 bridgehead atoms. The highest BCUT2D eigenvalue weighted by Gasteiger charge is 2.28. The third-order valence-corrected chi connectivity index (χ3v) is 2.97. The summed E-state index contributed by atoms with van der Waals surface area (Å²) in [6.07, 6.45) is 1.80. The van der Waals surface area contributed by atoms with Crippen molar-refractivity contribution in [3.05, 3.63) is 29.6 Å². The lowest BCUT2D eigenvalue weighted by molar-refractivity contribution is 0.0460. The van der Waals surface area contributed by atoms with E-state index in [0.717, 1.165) is 18.4 Å². The smallest absolute Gasteiger partial charge is 0.124 e. The van der Waals surface area contributed by atoms with E-state index in [4.69, 9.17) is 14.7 Å². The minimum absolute atomic E-state index is 0.0435. The Morgan fingerprint density at radius 1 is 1.53 bits per heavy atom. The van der Waals surface area contributed by atoms with Crippen LogP contribution in [0.4, 0.5) is 4.39 Å². The van der Waals surface area contributed by atoms with Crippen molar-refractivity contribution in [2.75, 3.05) is 7.11 Å². The van der Waals surface area contributed by atoms with E-state index in [9.17, 15) is 4.39 Å². The minimum Gasteiger partial charge on any atom is -0.496 e. The molecule has 0 N–H and O–H groups in total. The molecular weight excluding hydrogens is 221 g/mol. The van der Waals surface area contributed by atoms with Gasteiger partial charge in [-0.25, -0.2) is 4.39 Å². The zero-order valence-electron chi connectivity index (χ0n) is 9.65. The lowest BCUT2D eigenvalue weighted by Gasteiger charge is -2.15. The average molecular weight is 235 g/mol. The van der Waals surface area contributed by atoms with Crippen LogP contribution in [0.1, 0.15) is 30.9 Å². The first kappa shape index (κ1) is 11.9. The Balaban J connectivity index is 2.18. The topological polar surface area (TPSA) is 42.2 Å². The molecule has 0 amide bonds. The van der Waals surface area contributed by atoms with E-state index in [0.29, 0.717) is 12.2 Å². The third-order valence-electron chi connectivity index (χ3n) is 2.97. The lowest BCUT2D eigenvalue weighted by atomic mass is 10.0. The molecule has 0 aliphatic carbocycles. The van der Waals surface area contributed by atoms with Gasteiger partial charge in [0, 0.05) is 5.56 Å². The molecule has 0 unspecified atom stereocenters. The minimum atomic E-state index is -0.298. The van der Waals surface area contributed by atoms with Crippen LogP contribution in [0, 0.1) is 17.1 Å². The number of rotatable bonds is 3. The maximum Gasteiger partial charge on any atom is 0.124 e. The molecular formula is C13H14FNO2. The van der Waals surface area contributed by atoms with Crippen LogP contribution in [0.3, 0.4) is 0 Å². The Hall–Kier alpha value is -1.60. The van der Waals surface area contributed by atoms with E-state index in [2.05, 4.69) is 6.07 Å². The molecule has 90 valence electrons. The normalized spacial score (nSPS) is 23.4. The largest absolute Gasteiger partial charge is 0.496 e. The second-order valence-corrected chi connectivity index (χ2v) is 4.07. The van der Waals surface area contributed by atoms with Crippen LogP contribution in [0.2, 0.25) is 0 Å². The molecule has 2 atom stereocenters. The number of hydrogen-bond donors (Lipinski definition) is 0. The maximum atomic E-state index is 13.2. The van der Waals surface area contributed by atoms with Crippen molar-refractivity contribution in [2.24, 2.45) is 0 Å². The summed E-state index contributed by atoms with van der Waals surface area (Å²) < 4.78 is 24.1. The highest BCUT2D eigenvalue weighted by molar-refractivity contribution is 5.36. The molecule has 17 heavy (non-hydrogen) atoms. The molecule has 1 fully saturated rings. The van der Waals surface area contributed by atoms with E-state index in [-0.39, 0.29) is 18.0 Å². The summed E-state index contributed by atoms with van der Waals surface area (Å²) in [5.74, 6) is 0.335. The Morgan fingerprint density at radius 3 is 3.06 bits per heavy atom. The fourth-order valence-corrected chi connectivity index (χ4v) is 2.14. The van der Waals surface area contributed by atoms with Gasteiger partial charge in [-0.2, -0.15) is 5.26 Å². The summed E-state index contributed by atoms with van der Waals surface area (Å²) >= 11 is 0. The van der Waals surface area contributed by atoms with Crippen LogP contribution in [0.25, 0.3) is 0 Å². The van der Waals surface area contributed by atoms with Gasteiger partial charge in [0.05, 0.1) is 31.8 Å². The summed E-state index contributed by atoms with van der Waals surface area (Å²) in [5.41, 5.74) is 0.730. The number of benzene rings is 1. The van der Waals surface area contributed by atoms with Gasteiger partial charge in [-0.1, -0.05) is 0 Å². The predicted octanol–water partition coefficient (Wildman–Crippen LogP) is 2.97. The van der Waals surface area contributed by atoms with Crippen LogP contribution in [-0.2, 0) is 4.74 Å². The first-order valence-corrected chi connectivity index (χ1v) is 5.60. The highest BCUT2D eigenvalue weighted by Crippen LogP contribution is 2.38. The Labute approximate surface area is 99.8 Å². The number of hydrogen-bond acceptors (Lipinski definition) is 3. The molecule has 0 aromatic heterocycles. The van der Waals surface area contributed by atoms with Gasteiger partial charge in [0.1, 0.15) is 11.6 Å². The third kappa shape index (κ3) is 2.56. The van der Waals surface area contributed by atoms with E-state index in [1.54, 1.807) is 13.2 Å². The molecule has 1 saturated heterocycles. The van der Waals surface area contributed by atoms with E-state index in [1.165, 1.54) is 12.1 Å². The van der Waals surface area contributed by atoms with Gasteiger partial charge < -0.3 is 9.47 Å². The maximum absolute atomic E-state index is 13.2. The SMILES string of the molecule is COc1ccc(F)cc1[C@@H]1CC[C@@H](CC#N)O1. The highest BCUT2D eigenvalue weighted by atomic mass is 19.1. The van der Waals surface area contributed by atoms with Gasteiger partial charge in [-0.05, 0) is 31.0 Å². The van der Waals surface area contributed by atoms with Crippen LogP contribution in [-0.4, -0.2) is 13.2 Å². The molecule has 4 heteroatoms. The van der Waals surface area contributed by atoms with Crippen LogP contribution in [0.5, 0.6) is 5.75 Å². The summed E-state index contributed by atoms with van der Waals surface area (Å²) in [7, 11) is 1.55. The molecule has 1 aromatic rings. The Kier molecular flexibility index (Phi) is 3.60. The van der Waals surface area contributed by atoms with Crippen LogP contribution >= 0.6 is 0 Å². The van der Waals surface area contributed by atoms with E-state index < -0.39 is 0 Å². The summed E-state index contributed by atoms with van der Waals surface area (Å²) in [6, 6.07) is 6.50. The number of nitriles is 1. The Bertz CT molecular complexity index is 442. The molecule has 1 aliphatic heterocycles. The second-order valence-electron chi connectivity index (χ2n) is 4.07. The molecule has 2 rings (SSSR count). The first-order chi connectivity index (χ1) is 8.24. The predicted molar refractivity (Wildman–Crippen MR) is 60.0 cm³/mol. The van der Waals surface area contributed by atoms with Crippen molar-refractivity contribution < 1.29 is 13.9 Å². The lowest BCUT2D eigenvalue weighted by Crippen LogP contribution is -2.06. The first-order valence-electron chi connectivity index (χ1n) is 5.60. The quantitative estimate of drug-likeness (QED) is 0.808. The standard InChI is InChI=1S/C13H14FNO2/c1-16-12-4-2-9(14)8-11(12)13-5-3-10(17-13)6-7-15/h2,4,8,10,13H,3,5-6H2,1H3/t10-,13-/m0/s1. The summed E-state index contributed by atoms with van der Waals surface area (Å²) in [5, 5.41) is 8.61. The van der Waals surface area contributed by atoms with Crippen molar-refractivity contribution in [1.29, 1.82) is 5.26 Å². The number of nitrogens with zero attached hydrogens (tertiary/aromatic N) is 1. The van der Waals surface area contributed by atoms with Gasteiger partial charge in [-0.15, -0.1) is 0 Å². The second kappa shape index (κ2) is 5.15. The van der Waals surface area contributed by atoms with Crippen molar-refractivity contribution in [2.45, 2.75) is 31.5 Å². The molecule has 0 spiro atoms. The van der Waals surface area contributed by atoms with Gasteiger partial charge >= 0.3 is 0 Å². The zero-order valence-corrected chi connectivity index (χ0v) is 9.65. The number of methoxy groups -OCH3 is 1. The molecule has 1 heterocycles. The number of halogens is 1. The summed E-state index contributed by atoms with van der Waals surface area (Å²) in [6.45, 7) is 0. The Morgan fingerprint density at radius 2 is 2.35 bits per heavy atom. The summed E-state index contributed by atoms with van der Waals surface area (Å²) in [4.78, 5) is 0. The van der Waals surface area contributed by atoms with Crippen molar-refractivity contribution in [1.82, 2.24) is 0 Å².